The molecule has 128 valence electrons. The highest BCUT2D eigenvalue weighted by Crippen LogP contribution is 2.23. The standard InChI is InChI=1S/C18H25N5O/c1-14-10-15(2)23(20-14)17-6-9-22(12-17)18(24)13-21(3)11-16-4-7-19-8-5-16/h4-5,7-8,10,17H,6,9,11-13H2,1-3H3/t17-/m1/s1. The zero-order chi connectivity index (χ0) is 17.1. The Labute approximate surface area is 143 Å². The lowest BCUT2D eigenvalue weighted by molar-refractivity contribution is -0.131. The van der Waals surface area contributed by atoms with Crippen LogP contribution in [0.25, 0.3) is 0 Å². The Morgan fingerprint density at radius 2 is 2.08 bits per heavy atom. The van der Waals surface area contributed by atoms with E-state index in [1.54, 1.807) is 12.4 Å². The summed E-state index contributed by atoms with van der Waals surface area (Å²) in [6, 6.07) is 6.35. The highest BCUT2D eigenvalue weighted by molar-refractivity contribution is 5.78. The summed E-state index contributed by atoms with van der Waals surface area (Å²) < 4.78 is 2.07. The quantitative estimate of drug-likeness (QED) is 0.840. The molecule has 1 atom stereocenters. The fourth-order valence-corrected chi connectivity index (χ4v) is 3.37. The minimum absolute atomic E-state index is 0.190. The van der Waals surface area contributed by atoms with Crippen molar-refractivity contribution < 1.29 is 4.79 Å². The summed E-state index contributed by atoms with van der Waals surface area (Å²) in [6.45, 7) is 6.84. The van der Waals surface area contributed by atoms with Crippen LogP contribution in [0, 0.1) is 13.8 Å². The second-order valence-electron chi connectivity index (χ2n) is 6.68. The van der Waals surface area contributed by atoms with Gasteiger partial charge >= 0.3 is 0 Å². The molecule has 0 saturated carbocycles. The summed E-state index contributed by atoms with van der Waals surface area (Å²) in [5.74, 6) is 0.190. The molecule has 0 N–H and O–H groups in total. The molecule has 0 aliphatic carbocycles. The van der Waals surface area contributed by atoms with Gasteiger partial charge in [-0.15, -0.1) is 0 Å². The molecule has 0 spiro atoms. The van der Waals surface area contributed by atoms with Gasteiger partial charge < -0.3 is 4.90 Å². The molecule has 3 rings (SSSR count). The second kappa shape index (κ2) is 7.13. The molecule has 1 aliphatic heterocycles. The molecule has 2 aromatic heterocycles. The lowest BCUT2D eigenvalue weighted by atomic mass is 10.2. The molecule has 6 heteroatoms. The van der Waals surface area contributed by atoms with Crippen LogP contribution in [0.15, 0.2) is 30.6 Å². The fraction of sp³-hybridized carbons (Fsp3) is 0.500. The number of hydrogen-bond donors (Lipinski definition) is 0. The van der Waals surface area contributed by atoms with Gasteiger partial charge in [0.1, 0.15) is 0 Å². The van der Waals surface area contributed by atoms with Crippen LogP contribution in [0.5, 0.6) is 0 Å². The Morgan fingerprint density at radius 3 is 2.75 bits per heavy atom. The van der Waals surface area contributed by atoms with Crippen LogP contribution in [0.3, 0.4) is 0 Å². The first-order valence-electron chi connectivity index (χ1n) is 8.41. The van der Waals surface area contributed by atoms with Gasteiger partial charge in [-0.25, -0.2) is 0 Å². The van der Waals surface area contributed by atoms with E-state index in [-0.39, 0.29) is 5.91 Å². The van der Waals surface area contributed by atoms with Crippen LogP contribution in [-0.4, -0.2) is 57.2 Å². The Kier molecular flexibility index (Phi) is 4.94. The molecule has 0 aromatic carbocycles. The Morgan fingerprint density at radius 1 is 1.33 bits per heavy atom. The van der Waals surface area contributed by atoms with Crippen molar-refractivity contribution in [2.45, 2.75) is 32.9 Å². The summed E-state index contributed by atoms with van der Waals surface area (Å²) in [5.41, 5.74) is 3.37. The molecule has 2 aromatic rings. The molecule has 1 saturated heterocycles. The van der Waals surface area contributed by atoms with Crippen molar-refractivity contribution >= 4 is 5.91 Å². The van der Waals surface area contributed by atoms with Crippen LogP contribution < -0.4 is 0 Å². The Balaban J connectivity index is 1.54. The van der Waals surface area contributed by atoms with E-state index in [1.165, 1.54) is 11.3 Å². The number of aryl methyl sites for hydroxylation is 2. The summed E-state index contributed by atoms with van der Waals surface area (Å²) in [4.78, 5) is 20.6. The third-order valence-electron chi connectivity index (χ3n) is 4.51. The molecule has 3 heterocycles. The van der Waals surface area contributed by atoms with E-state index in [1.807, 2.05) is 35.9 Å². The number of nitrogens with zero attached hydrogens (tertiary/aromatic N) is 5. The maximum atomic E-state index is 12.6. The van der Waals surface area contributed by atoms with E-state index in [0.29, 0.717) is 12.6 Å². The van der Waals surface area contributed by atoms with Gasteiger partial charge in [-0.05, 0) is 51.1 Å². The highest BCUT2D eigenvalue weighted by Gasteiger charge is 2.29. The lowest BCUT2D eigenvalue weighted by Crippen LogP contribution is -2.37. The predicted molar refractivity (Wildman–Crippen MR) is 92.5 cm³/mol. The molecule has 1 fully saturated rings. The van der Waals surface area contributed by atoms with Gasteiger partial charge in [0.05, 0.1) is 18.3 Å². The normalized spacial score (nSPS) is 17.7. The van der Waals surface area contributed by atoms with Crippen molar-refractivity contribution in [1.82, 2.24) is 24.6 Å². The van der Waals surface area contributed by atoms with Gasteiger partial charge in [0.2, 0.25) is 5.91 Å². The number of likely N-dealkylation sites (N-methyl/N-ethyl adjacent to an activating group) is 1. The van der Waals surface area contributed by atoms with Crippen LogP contribution >= 0.6 is 0 Å². The smallest absolute Gasteiger partial charge is 0.236 e. The van der Waals surface area contributed by atoms with E-state index >= 15 is 0 Å². The van der Waals surface area contributed by atoms with E-state index in [0.717, 1.165) is 31.7 Å². The molecule has 6 nitrogen and oxygen atoms in total. The number of amides is 1. The number of carbonyl (C=O) groups is 1. The minimum atomic E-state index is 0.190. The number of carbonyl (C=O) groups excluding carboxylic acids is 1. The number of rotatable bonds is 5. The average molecular weight is 327 g/mol. The number of hydrogen-bond acceptors (Lipinski definition) is 4. The van der Waals surface area contributed by atoms with Crippen molar-refractivity contribution in [2.75, 3.05) is 26.7 Å². The third-order valence-corrected chi connectivity index (χ3v) is 4.51. The van der Waals surface area contributed by atoms with Gasteiger partial charge in [0.15, 0.2) is 0 Å². The summed E-state index contributed by atoms with van der Waals surface area (Å²) in [5, 5.41) is 4.57. The van der Waals surface area contributed by atoms with Gasteiger partial charge in [-0.2, -0.15) is 5.10 Å². The number of likely N-dealkylation sites (tertiary alicyclic amines) is 1. The van der Waals surface area contributed by atoms with E-state index in [2.05, 4.69) is 27.8 Å². The molecule has 1 amide bonds. The second-order valence-corrected chi connectivity index (χ2v) is 6.68. The van der Waals surface area contributed by atoms with Crippen molar-refractivity contribution in [3.8, 4) is 0 Å². The third kappa shape index (κ3) is 3.82. The summed E-state index contributed by atoms with van der Waals surface area (Å²) in [6.07, 6.45) is 4.54. The van der Waals surface area contributed by atoms with Crippen molar-refractivity contribution in [1.29, 1.82) is 0 Å². The molecule has 0 unspecified atom stereocenters. The maximum absolute atomic E-state index is 12.6. The minimum Gasteiger partial charge on any atom is -0.339 e. The number of aromatic nitrogens is 3. The van der Waals surface area contributed by atoms with Gasteiger partial charge in [0.25, 0.3) is 0 Å². The topological polar surface area (TPSA) is 54.3 Å². The van der Waals surface area contributed by atoms with Crippen molar-refractivity contribution in [2.24, 2.45) is 0 Å². The van der Waals surface area contributed by atoms with Gasteiger partial charge in [-0.1, -0.05) is 0 Å². The summed E-state index contributed by atoms with van der Waals surface area (Å²) in [7, 11) is 1.98. The molecular formula is C18H25N5O. The predicted octanol–water partition coefficient (Wildman–Crippen LogP) is 1.80. The number of pyridine rings is 1. The molecule has 0 bridgehead atoms. The average Bonchev–Trinajstić information content (AvgIpc) is 3.14. The van der Waals surface area contributed by atoms with Crippen LogP contribution in [0.2, 0.25) is 0 Å². The lowest BCUT2D eigenvalue weighted by Gasteiger charge is -2.22. The fourth-order valence-electron chi connectivity index (χ4n) is 3.37. The van der Waals surface area contributed by atoms with Gasteiger partial charge in [0, 0.05) is 37.7 Å². The van der Waals surface area contributed by atoms with Gasteiger partial charge in [-0.3, -0.25) is 19.4 Å². The Bertz CT molecular complexity index is 697. The highest BCUT2D eigenvalue weighted by atomic mass is 16.2. The van der Waals surface area contributed by atoms with E-state index < -0.39 is 0 Å². The van der Waals surface area contributed by atoms with E-state index in [4.69, 9.17) is 0 Å². The first-order valence-corrected chi connectivity index (χ1v) is 8.41. The molecular weight excluding hydrogens is 302 g/mol. The van der Waals surface area contributed by atoms with Crippen molar-refractivity contribution in [3.63, 3.8) is 0 Å². The Hall–Kier alpha value is -2.21. The first-order chi connectivity index (χ1) is 11.5. The summed E-state index contributed by atoms with van der Waals surface area (Å²) >= 11 is 0. The van der Waals surface area contributed by atoms with E-state index in [9.17, 15) is 4.79 Å². The monoisotopic (exact) mass is 327 g/mol. The largest absolute Gasteiger partial charge is 0.339 e. The zero-order valence-electron chi connectivity index (χ0n) is 14.6. The SMILES string of the molecule is Cc1cc(C)n([C@@H]2CCN(C(=O)CN(C)Cc3ccncc3)C2)n1. The maximum Gasteiger partial charge on any atom is 0.236 e. The first kappa shape index (κ1) is 16.6. The van der Waals surface area contributed by atoms with Crippen LogP contribution in [0.1, 0.15) is 29.4 Å². The molecule has 0 radical (unpaired) electrons. The van der Waals surface area contributed by atoms with Crippen molar-refractivity contribution in [3.05, 3.63) is 47.5 Å². The molecule has 1 aliphatic rings. The van der Waals surface area contributed by atoms with Crippen LogP contribution in [0.4, 0.5) is 0 Å². The molecule has 24 heavy (non-hydrogen) atoms. The van der Waals surface area contributed by atoms with Crippen LogP contribution in [-0.2, 0) is 11.3 Å². The zero-order valence-corrected chi connectivity index (χ0v) is 14.6.